The van der Waals surface area contributed by atoms with Gasteiger partial charge in [0.2, 0.25) is 0 Å². The first-order valence-electron chi connectivity index (χ1n) is 8.54. The molecule has 0 aliphatic heterocycles. The van der Waals surface area contributed by atoms with Gasteiger partial charge in [0.05, 0.1) is 4.90 Å². The molecule has 0 saturated carbocycles. The Labute approximate surface area is 177 Å². The smallest absolute Gasteiger partial charge is 0.270 e. The summed E-state index contributed by atoms with van der Waals surface area (Å²) in [5.41, 5.74) is 2.31. The van der Waals surface area contributed by atoms with Gasteiger partial charge >= 0.3 is 0 Å². The molecule has 0 unspecified atom stereocenters. The minimum Gasteiger partial charge on any atom is -0.364 e. The number of aromatic nitrogens is 4. The average Bonchev–Trinajstić information content (AvgIpc) is 3.13. The Morgan fingerprint density at radius 1 is 1.03 bits per heavy atom. The van der Waals surface area contributed by atoms with Crippen LogP contribution in [0.25, 0.3) is 11.2 Å². The number of halogens is 2. The molecule has 2 heterocycles. The standard InChI is InChI=1S/C19H15Cl2N5O2S/c1-12-2-6-15(7-3-12)29(27,28)26-11-25-17-18(23-10-24-19(17)26)22-9-13-4-5-14(20)8-16(13)21/h2-8,10-11H,9H2,1H3,(H,22,23,24). The summed E-state index contributed by atoms with van der Waals surface area (Å²) in [5.74, 6) is 0.402. The molecule has 0 atom stereocenters. The highest BCUT2D eigenvalue weighted by Crippen LogP contribution is 2.25. The van der Waals surface area contributed by atoms with Crippen molar-refractivity contribution < 1.29 is 8.42 Å². The molecule has 0 bridgehead atoms. The van der Waals surface area contributed by atoms with E-state index < -0.39 is 10.0 Å². The van der Waals surface area contributed by atoms with E-state index in [2.05, 4.69) is 20.3 Å². The fourth-order valence-corrected chi connectivity index (χ4v) is 4.50. The fourth-order valence-electron chi connectivity index (χ4n) is 2.79. The topological polar surface area (TPSA) is 89.8 Å². The van der Waals surface area contributed by atoms with Crippen molar-refractivity contribution in [3.8, 4) is 0 Å². The third-order valence-electron chi connectivity index (χ3n) is 4.34. The van der Waals surface area contributed by atoms with Gasteiger partial charge in [-0.15, -0.1) is 0 Å². The number of aryl methyl sites for hydroxylation is 1. The first-order valence-corrected chi connectivity index (χ1v) is 10.7. The van der Waals surface area contributed by atoms with Gasteiger partial charge < -0.3 is 5.32 Å². The molecule has 0 amide bonds. The van der Waals surface area contributed by atoms with E-state index in [1.807, 2.05) is 6.92 Å². The molecular formula is C19H15Cl2N5O2S. The molecule has 10 heteroatoms. The van der Waals surface area contributed by atoms with E-state index in [1.165, 1.54) is 12.7 Å². The maximum absolute atomic E-state index is 13.0. The van der Waals surface area contributed by atoms with Crippen molar-refractivity contribution in [3.05, 3.63) is 76.3 Å². The number of benzene rings is 2. The van der Waals surface area contributed by atoms with Gasteiger partial charge in [-0.2, -0.15) is 0 Å². The third-order valence-corrected chi connectivity index (χ3v) is 6.58. The number of nitrogens with zero attached hydrogens (tertiary/aromatic N) is 4. The molecule has 4 rings (SSSR count). The minimum absolute atomic E-state index is 0.156. The highest BCUT2D eigenvalue weighted by molar-refractivity contribution is 7.90. The fraction of sp³-hybridized carbons (Fsp3) is 0.105. The van der Waals surface area contributed by atoms with Crippen molar-refractivity contribution in [2.24, 2.45) is 0 Å². The number of hydrogen-bond acceptors (Lipinski definition) is 6. The van der Waals surface area contributed by atoms with Crippen LogP contribution in [-0.4, -0.2) is 27.3 Å². The van der Waals surface area contributed by atoms with Crippen LogP contribution in [0.4, 0.5) is 5.82 Å². The molecule has 4 aromatic rings. The number of fused-ring (bicyclic) bond motifs is 1. The van der Waals surface area contributed by atoms with E-state index in [0.717, 1.165) is 15.1 Å². The summed E-state index contributed by atoms with van der Waals surface area (Å²) in [7, 11) is -3.83. The second-order valence-corrected chi connectivity index (χ2v) is 9.00. The molecule has 7 nitrogen and oxygen atoms in total. The molecule has 0 spiro atoms. The number of anilines is 1. The number of nitrogens with one attached hydrogen (secondary N) is 1. The van der Waals surface area contributed by atoms with E-state index in [-0.39, 0.29) is 10.5 Å². The SMILES string of the molecule is Cc1ccc(S(=O)(=O)n2cnc3c(NCc4ccc(Cl)cc4Cl)ncnc32)cc1. The first-order chi connectivity index (χ1) is 13.9. The number of imidazole rings is 1. The van der Waals surface area contributed by atoms with Gasteiger partial charge in [0, 0.05) is 16.6 Å². The lowest BCUT2D eigenvalue weighted by molar-refractivity contribution is 0.588. The number of rotatable bonds is 5. The Kier molecular flexibility index (Phi) is 5.16. The Bertz CT molecular complexity index is 1300. The lowest BCUT2D eigenvalue weighted by Crippen LogP contribution is -2.12. The Balaban J connectivity index is 1.69. The van der Waals surface area contributed by atoms with E-state index in [0.29, 0.717) is 27.9 Å². The van der Waals surface area contributed by atoms with Gasteiger partial charge in [-0.1, -0.05) is 47.0 Å². The normalized spacial score (nSPS) is 11.7. The summed E-state index contributed by atoms with van der Waals surface area (Å²) < 4.78 is 27.0. The summed E-state index contributed by atoms with van der Waals surface area (Å²) >= 11 is 12.1. The van der Waals surface area contributed by atoms with Crippen molar-refractivity contribution in [3.63, 3.8) is 0 Å². The van der Waals surface area contributed by atoms with Crippen molar-refractivity contribution in [2.75, 3.05) is 5.32 Å². The molecule has 1 N–H and O–H groups in total. The lowest BCUT2D eigenvalue weighted by Gasteiger charge is -2.09. The summed E-state index contributed by atoms with van der Waals surface area (Å²) in [5, 5.41) is 4.19. The summed E-state index contributed by atoms with van der Waals surface area (Å²) in [6, 6.07) is 11.8. The quantitative estimate of drug-likeness (QED) is 0.490. The van der Waals surface area contributed by atoms with Crippen LogP contribution in [0.2, 0.25) is 10.0 Å². The Hall–Kier alpha value is -2.68. The van der Waals surface area contributed by atoms with Gasteiger partial charge in [0.1, 0.15) is 12.7 Å². The monoisotopic (exact) mass is 447 g/mol. The molecule has 0 radical (unpaired) electrons. The summed E-state index contributed by atoms with van der Waals surface area (Å²) in [4.78, 5) is 12.7. The van der Waals surface area contributed by atoms with Crippen molar-refractivity contribution in [1.29, 1.82) is 0 Å². The van der Waals surface area contributed by atoms with Gasteiger partial charge in [-0.3, -0.25) is 0 Å². The first kappa shape index (κ1) is 19.6. The highest BCUT2D eigenvalue weighted by atomic mass is 35.5. The summed E-state index contributed by atoms with van der Waals surface area (Å²) in [6.45, 7) is 2.25. The summed E-state index contributed by atoms with van der Waals surface area (Å²) in [6.07, 6.45) is 2.52. The molecular weight excluding hydrogens is 433 g/mol. The molecule has 2 aromatic heterocycles. The van der Waals surface area contributed by atoms with Crippen LogP contribution in [0.5, 0.6) is 0 Å². The Morgan fingerprint density at radius 3 is 2.52 bits per heavy atom. The molecule has 148 valence electrons. The molecule has 0 aliphatic rings. The van der Waals surface area contributed by atoms with Crippen molar-refractivity contribution in [1.82, 2.24) is 18.9 Å². The number of hydrogen-bond donors (Lipinski definition) is 1. The van der Waals surface area contributed by atoms with Crippen LogP contribution in [0.15, 0.2) is 60.0 Å². The molecule has 0 aliphatic carbocycles. The van der Waals surface area contributed by atoms with Crippen LogP contribution in [-0.2, 0) is 16.6 Å². The van der Waals surface area contributed by atoms with Gasteiger partial charge in [0.15, 0.2) is 17.0 Å². The van der Waals surface area contributed by atoms with E-state index in [9.17, 15) is 8.42 Å². The zero-order valence-corrected chi connectivity index (χ0v) is 17.5. The van der Waals surface area contributed by atoms with E-state index in [4.69, 9.17) is 23.2 Å². The lowest BCUT2D eigenvalue weighted by atomic mass is 10.2. The molecule has 29 heavy (non-hydrogen) atoms. The van der Waals surface area contributed by atoms with Gasteiger partial charge in [0.25, 0.3) is 10.0 Å². The van der Waals surface area contributed by atoms with E-state index in [1.54, 1.807) is 42.5 Å². The van der Waals surface area contributed by atoms with Crippen LogP contribution in [0, 0.1) is 6.92 Å². The second-order valence-electron chi connectivity index (χ2n) is 6.34. The Morgan fingerprint density at radius 2 is 1.79 bits per heavy atom. The zero-order valence-electron chi connectivity index (χ0n) is 15.2. The average molecular weight is 448 g/mol. The predicted octanol–water partition coefficient (Wildman–Crippen LogP) is 4.29. The minimum atomic E-state index is -3.83. The largest absolute Gasteiger partial charge is 0.364 e. The maximum Gasteiger partial charge on any atom is 0.270 e. The molecule has 2 aromatic carbocycles. The highest BCUT2D eigenvalue weighted by Gasteiger charge is 2.22. The predicted molar refractivity (Wildman–Crippen MR) is 113 cm³/mol. The van der Waals surface area contributed by atoms with Crippen LogP contribution in [0.3, 0.4) is 0 Å². The maximum atomic E-state index is 13.0. The van der Waals surface area contributed by atoms with Crippen molar-refractivity contribution in [2.45, 2.75) is 18.4 Å². The van der Waals surface area contributed by atoms with Gasteiger partial charge in [-0.25, -0.2) is 27.3 Å². The molecule has 0 saturated heterocycles. The van der Waals surface area contributed by atoms with Crippen LogP contribution < -0.4 is 5.32 Å². The third kappa shape index (κ3) is 3.78. The molecule has 0 fully saturated rings. The van der Waals surface area contributed by atoms with Crippen molar-refractivity contribution >= 4 is 50.2 Å². The van der Waals surface area contributed by atoms with Crippen LogP contribution in [0.1, 0.15) is 11.1 Å². The van der Waals surface area contributed by atoms with E-state index >= 15 is 0 Å². The zero-order chi connectivity index (χ0) is 20.6. The van der Waals surface area contributed by atoms with Gasteiger partial charge in [-0.05, 0) is 36.8 Å². The second kappa shape index (κ2) is 7.62. The van der Waals surface area contributed by atoms with Crippen LogP contribution >= 0.6 is 23.2 Å².